The number of rotatable bonds is 6. The van der Waals surface area contributed by atoms with Crippen LogP contribution in [0.15, 0.2) is 72.8 Å². The average molecular weight is 403 g/mol. The molecule has 1 atom stereocenters. The van der Waals surface area contributed by atoms with Crippen molar-refractivity contribution in [1.29, 1.82) is 0 Å². The number of ether oxygens (including phenoxy) is 1. The molecule has 0 saturated carbocycles. The van der Waals surface area contributed by atoms with E-state index in [0.29, 0.717) is 5.56 Å². The predicted molar refractivity (Wildman–Crippen MR) is 111 cm³/mol. The molecule has 4 rings (SSSR count). The van der Waals surface area contributed by atoms with Crippen LogP contribution in [0, 0.1) is 0 Å². The van der Waals surface area contributed by atoms with E-state index in [2.05, 4.69) is 17.4 Å². The van der Waals surface area contributed by atoms with Crippen molar-refractivity contribution in [2.24, 2.45) is 0 Å². The number of phenolic OH excluding ortho intramolecular Hbond substituents is 1. The van der Waals surface area contributed by atoms with Gasteiger partial charge in [0.15, 0.2) is 0 Å². The number of aromatic hydroxyl groups is 1. The van der Waals surface area contributed by atoms with Crippen molar-refractivity contribution in [3.63, 3.8) is 0 Å². The van der Waals surface area contributed by atoms with Crippen molar-refractivity contribution in [1.82, 2.24) is 5.32 Å². The van der Waals surface area contributed by atoms with Crippen molar-refractivity contribution >= 4 is 12.1 Å². The molecule has 0 saturated heterocycles. The summed E-state index contributed by atoms with van der Waals surface area (Å²) in [6.45, 7) is 0.148. The van der Waals surface area contributed by atoms with Gasteiger partial charge in [-0.2, -0.15) is 0 Å². The van der Waals surface area contributed by atoms with Crippen LogP contribution in [0.2, 0.25) is 0 Å². The van der Waals surface area contributed by atoms with Gasteiger partial charge in [0.2, 0.25) is 0 Å². The minimum absolute atomic E-state index is 0.0639. The Morgan fingerprint density at radius 2 is 1.47 bits per heavy atom. The maximum atomic E-state index is 12.5. The van der Waals surface area contributed by atoms with Gasteiger partial charge in [0.1, 0.15) is 12.4 Å². The molecule has 152 valence electrons. The molecule has 6 heteroatoms. The molecule has 3 N–H and O–H groups in total. The Morgan fingerprint density at radius 1 is 0.900 bits per heavy atom. The second kappa shape index (κ2) is 8.29. The Kier molecular flexibility index (Phi) is 5.39. The molecule has 1 amide bonds. The number of carbonyl (C=O) groups is 2. The van der Waals surface area contributed by atoms with Crippen molar-refractivity contribution in [2.75, 3.05) is 6.61 Å². The molecule has 1 aliphatic rings. The van der Waals surface area contributed by atoms with Gasteiger partial charge in [-0.05, 0) is 39.9 Å². The Hall–Kier alpha value is -3.80. The second-order valence-corrected chi connectivity index (χ2v) is 7.21. The van der Waals surface area contributed by atoms with Gasteiger partial charge in [0, 0.05) is 5.92 Å². The minimum atomic E-state index is -1.05. The quantitative estimate of drug-likeness (QED) is 0.565. The topological polar surface area (TPSA) is 95.9 Å². The zero-order valence-corrected chi connectivity index (χ0v) is 16.1. The third-order valence-corrected chi connectivity index (χ3v) is 5.31. The van der Waals surface area contributed by atoms with Crippen LogP contribution in [0.3, 0.4) is 0 Å². The SMILES string of the molecule is O=C(O)C[C@H](NC(=O)OCC1c2ccccc2-c2ccccc21)c1ccc(O)cc1. The van der Waals surface area contributed by atoms with Crippen molar-refractivity contribution < 1.29 is 24.5 Å². The lowest BCUT2D eigenvalue weighted by Crippen LogP contribution is -2.31. The summed E-state index contributed by atoms with van der Waals surface area (Å²) in [7, 11) is 0. The summed E-state index contributed by atoms with van der Waals surface area (Å²) >= 11 is 0. The fourth-order valence-corrected chi connectivity index (χ4v) is 3.92. The number of nitrogens with one attached hydrogen (secondary N) is 1. The third-order valence-electron chi connectivity index (χ3n) is 5.31. The predicted octanol–water partition coefficient (Wildman–Crippen LogP) is 4.45. The van der Waals surface area contributed by atoms with Crippen LogP contribution in [-0.2, 0) is 9.53 Å². The van der Waals surface area contributed by atoms with Gasteiger partial charge in [-0.3, -0.25) is 4.79 Å². The lowest BCUT2D eigenvalue weighted by atomic mass is 9.98. The van der Waals surface area contributed by atoms with Gasteiger partial charge in [0.25, 0.3) is 0 Å². The zero-order chi connectivity index (χ0) is 21.1. The number of fused-ring (bicyclic) bond motifs is 3. The fraction of sp³-hybridized carbons (Fsp3) is 0.167. The standard InChI is InChI=1S/C24H21NO5/c26-16-11-9-15(10-12-16)22(13-23(27)28)25-24(29)30-14-21-19-7-3-1-5-17(19)18-6-2-4-8-20(18)21/h1-12,21-22,26H,13-14H2,(H,25,29)(H,27,28)/t22-/m0/s1. The van der Waals surface area contributed by atoms with E-state index in [1.807, 2.05) is 36.4 Å². The minimum Gasteiger partial charge on any atom is -0.508 e. The molecule has 0 bridgehead atoms. The number of carboxylic acid groups (broad SMARTS) is 1. The first-order chi connectivity index (χ1) is 14.5. The normalized spacial score (nSPS) is 13.2. The highest BCUT2D eigenvalue weighted by Gasteiger charge is 2.29. The van der Waals surface area contributed by atoms with Crippen LogP contribution in [-0.4, -0.2) is 28.9 Å². The molecular formula is C24H21NO5. The monoisotopic (exact) mass is 403 g/mol. The Bertz CT molecular complexity index is 1030. The van der Waals surface area contributed by atoms with E-state index in [4.69, 9.17) is 4.74 Å². The Balaban J connectivity index is 1.47. The summed E-state index contributed by atoms with van der Waals surface area (Å²) in [6, 6.07) is 21.4. The van der Waals surface area contributed by atoms with Crippen LogP contribution >= 0.6 is 0 Å². The number of hydrogen-bond donors (Lipinski definition) is 3. The van der Waals surface area contributed by atoms with Crippen LogP contribution in [0.25, 0.3) is 11.1 Å². The highest BCUT2D eigenvalue weighted by Crippen LogP contribution is 2.44. The lowest BCUT2D eigenvalue weighted by Gasteiger charge is -2.19. The molecule has 0 aliphatic heterocycles. The summed E-state index contributed by atoms with van der Waals surface area (Å²) in [5.41, 5.74) is 5.05. The molecule has 3 aromatic rings. The lowest BCUT2D eigenvalue weighted by molar-refractivity contribution is -0.137. The average Bonchev–Trinajstić information content (AvgIpc) is 3.06. The molecule has 1 aliphatic carbocycles. The molecule has 0 spiro atoms. The molecule has 0 radical (unpaired) electrons. The van der Waals surface area contributed by atoms with E-state index in [1.165, 1.54) is 12.1 Å². The van der Waals surface area contributed by atoms with Gasteiger partial charge >= 0.3 is 12.1 Å². The number of hydrogen-bond acceptors (Lipinski definition) is 4. The molecule has 0 unspecified atom stereocenters. The maximum absolute atomic E-state index is 12.5. The van der Waals surface area contributed by atoms with Crippen LogP contribution in [0.5, 0.6) is 5.75 Å². The summed E-state index contributed by atoms with van der Waals surface area (Å²) in [4.78, 5) is 23.7. The van der Waals surface area contributed by atoms with Crippen molar-refractivity contribution in [3.05, 3.63) is 89.5 Å². The van der Waals surface area contributed by atoms with E-state index < -0.39 is 18.1 Å². The number of alkyl carbamates (subject to hydrolysis) is 1. The summed E-state index contributed by atoms with van der Waals surface area (Å²) in [5, 5.41) is 21.3. The molecule has 0 fully saturated rings. The molecule has 3 aromatic carbocycles. The van der Waals surface area contributed by atoms with E-state index >= 15 is 0 Å². The van der Waals surface area contributed by atoms with Gasteiger partial charge in [-0.15, -0.1) is 0 Å². The van der Waals surface area contributed by atoms with Crippen LogP contribution < -0.4 is 5.32 Å². The maximum Gasteiger partial charge on any atom is 0.407 e. The van der Waals surface area contributed by atoms with Gasteiger partial charge in [0.05, 0.1) is 12.5 Å². The Morgan fingerprint density at radius 3 is 2.03 bits per heavy atom. The number of benzene rings is 3. The Labute approximate surface area is 173 Å². The number of aliphatic carboxylic acids is 1. The van der Waals surface area contributed by atoms with Crippen LogP contribution in [0.1, 0.15) is 35.1 Å². The highest BCUT2D eigenvalue weighted by molar-refractivity contribution is 5.79. The summed E-state index contributed by atoms with van der Waals surface area (Å²) in [6.07, 6.45) is -0.981. The molecule has 0 heterocycles. The number of carbonyl (C=O) groups excluding carboxylic acids is 1. The van der Waals surface area contributed by atoms with E-state index in [0.717, 1.165) is 22.3 Å². The smallest absolute Gasteiger partial charge is 0.407 e. The van der Waals surface area contributed by atoms with Gasteiger partial charge < -0.3 is 20.3 Å². The molecule has 30 heavy (non-hydrogen) atoms. The van der Waals surface area contributed by atoms with E-state index in [-0.39, 0.29) is 24.7 Å². The summed E-state index contributed by atoms with van der Waals surface area (Å²) in [5.74, 6) is -1.06. The van der Waals surface area contributed by atoms with E-state index in [9.17, 15) is 19.8 Å². The fourth-order valence-electron chi connectivity index (χ4n) is 3.92. The number of phenols is 1. The second-order valence-electron chi connectivity index (χ2n) is 7.21. The summed E-state index contributed by atoms with van der Waals surface area (Å²) < 4.78 is 5.50. The van der Waals surface area contributed by atoms with Gasteiger partial charge in [-0.25, -0.2) is 4.79 Å². The van der Waals surface area contributed by atoms with Crippen molar-refractivity contribution in [2.45, 2.75) is 18.4 Å². The molecule has 6 nitrogen and oxygen atoms in total. The first kappa shape index (κ1) is 19.5. The molecular weight excluding hydrogens is 382 g/mol. The third kappa shape index (κ3) is 3.98. The first-order valence-electron chi connectivity index (χ1n) is 9.65. The van der Waals surface area contributed by atoms with Gasteiger partial charge in [-0.1, -0.05) is 60.7 Å². The van der Waals surface area contributed by atoms with Crippen LogP contribution in [0.4, 0.5) is 4.79 Å². The van der Waals surface area contributed by atoms with E-state index in [1.54, 1.807) is 12.1 Å². The largest absolute Gasteiger partial charge is 0.508 e. The number of carboxylic acids is 1. The first-order valence-corrected chi connectivity index (χ1v) is 9.65. The van der Waals surface area contributed by atoms with Crippen molar-refractivity contribution in [3.8, 4) is 16.9 Å². The zero-order valence-electron chi connectivity index (χ0n) is 16.1. The number of amides is 1. The highest BCUT2D eigenvalue weighted by atomic mass is 16.5. The molecule has 0 aromatic heterocycles.